The highest BCUT2D eigenvalue weighted by Crippen LogP contribution is 2.22. The van der Waals surface area contributed by atoms with E-state index >= 15 is 0 Å². The van der Waals surface area contributed by atoms with Crippen LogP contribution in [0.1, 0.15) is 68.7 Å². The van der Waals surface area contributed by atoms with Gasteiger partial charge in [-0.3, -0.25) is 9.59 Å². The Kier molecular flexibility index (Phi) is 9.71. The second kappa shape index (κ2) is 12.0. The van der Waals surface area contributed by atoms with E-state index in [0.29, 0.717) is 25.8 Å². The minimum absolute atomic E-state index is 0.0592. The number of thiophene rings is 1. The number of carboxylic acid groups (broad SMARTS) is 1. The van der Waals surface area contributed by atoms with Crippen LogP contribution in [-0.2, 0) is 22.4 Å². The summed E-state index contributed by atoms with van der Waals surface area (Å²) in [6.45, 7) is 2.84. The van der Waals surface area contributed by atoms with Gasteiger partial charge in [-0.05, 0) is 49.1 Å². The van der Waals surface area contributed by atoms with Crippen molar-refractivity contribution in [3.05, 3.63) is 34.0 Å². The number of aliphatic hydroxyl groups excluding tert-OH is 1. The number of rotatable bonds is 12. The predicted molar refractivity (Wildman–Crippen MR) is 113 cm³/mol. The Balaban J connectivity index is 1.82. The molecule has 1 amide bonds. The lowest BCUT2D eigenvalue weighted by molar-refractivity contribution is -0.137. The molecule has 0 aliphatic carbocycles. The molecule has 0 radical (unpaired) electrons. The summed E-state index contributed by atoms with van der Waals surface area (Å²) in [4.78, 5) is 26.1. The minimum atomic E-state index is -0.747. The Morgan fingerprint density at radius 3 is 2.89 bits per heavy atom. The summed E-state index contributed by atoms with van der Waals surface area (Å²) in [6.07, 6.45) is 11.0. The fourth-order valence-corrected chi connectivity index (χ4v) is 4.75. The lowest BCUT2D eigenvalue weighted by Crippen LogP contribution is -2.43. The first kappa shape index (κ1) is 22.6. The molecule has 0 aromatic carbocycles. The number of unbranched alkanes of at least 4 members (excludes halogenated alkanes) is 3. The smallest absolute Gasteiger partial charge is 0.303 e. The number of carbonyl (C=O) groups is 2. The van der Waals surface area contributed by atoms with Crippen LogP contribution in [0.15, 0.2) is 23.6 Å². The van der Waals surface area contributed by atoms with Gasteiger partial charge < -0.3 is 15.1 Å². The number of aliphatic hydroxyl groups is 1. The Morgan fingerprint density at radius 1 is 1.36 bits per heavy atom. The molecule has 1 fully saturated rings. The summed E-state index contributed by atoms with van der Waals surface area (Å²) in [5.41, 5.74) is 1.30. The normalized spacial score (nSPS) is 18.7. The Morgan fingerprint density at radius 2 is 2.14 bits per heavy atom. The van der Waals surface area contributed by atoms with Gasteiger partial charge >= 0.3 is 5.97 Å². The van der Waals surface area contributed by atoms with E-state index in [1.54, 1.807) is 11.3 Å². The molecule has 28 heavy (non-hydrogen) atoms. The highest BCUT2D eigenvalue weighted by Gasteiger charge is 2.25. The standard InChI is InChI=1S/C22H33NO4S/c1-2-17-13-15-28-20(17)16-19(24)12-11-18-8-7-9-21(25)23(18)14-6-4-3-5-10-22(26)27/h11-13,15,18-19,24H,2-10,14,16H2,1H3,(H,26,27)/b12-11+/t18-,19?/m1/s1. The second-order valence-corrected chi connectivity index (χ2v) is 8.48. The number of hydrogen-bond acceptors (Lipinski definition) is 4. The van der Waals surface area contributed by atoms with E-state index in [1.165, 1.54) is 10.4 Å². The zero-order chi connectivity index (χ0) is 20.4. The molecule has 2 heterocycles. The van der Waals surface area contributed by atoms with E-state index in [2.05, 4.69) is 18.4 Å². The van der Waals surface area contributed by atoms with Crippen molar-refractivity contribution < 1.29 is 19.8 Å². The van der Waals surface area contributed by atoms with E-state index in [9.17, 15) is 14.7 Å². The van der Waals surface area contributed by atoms with Gasteiger partial charge in [0.05, 0.1) is 12.1 Å². The predicted octanol–water partition coefficient (Wildman–Crippen LogP) is 4.19. The topological polar surface area (TPSA) is 77.8 Å². The van der Waals surface area contributed by atoms with Crippen molar-refractivity contribution in [3.8, 4) is 0 Å². The molecule has 1 aliphatic rings. The molecule has 156 valence electrons. The largest absolute Gasteiger partial charge is 0.481 e. The number of carbonyl (C=O) groups excluding carboxylic acids is 1. The summed E-state index contributed by atoms with van der Waals surface area (Å²) >= 11 is 1.69. The first-order valence-corrected chi connectivity index (χ1v) is 11.3. The highest BCUT2D eigenvalue weighted by atomic mass is 32.1. The van der Waals surface area contributed by atoms with Crippen molar-refractivity contribution in [2.24, 2.45) is 0 Å². The number of aryl methyl sites for hydroxylation is 1. The molecule has 2 rings (SSSR count). The summed E-state index contributed by atoms with van der Waals surface area (Å²) in [5.74, 6) is -0.559. The summed E-state index contributed by atoms with van der Waals surface area (Å²) in [7, 11) is 0. The molecule has 6 heteroatoms. The van der Waals surface area contributed by atoms with Crippen LogP contribution in [0.3, 0.4) is 0 Å². The number of amides is 1. The molecule has 0 bridgehead atoms. The van der Waals surface area contributed by atoms with Gasteiger partial charge in [-0.15, -0.1) is 11.3 Å². The van der Waals surface area contributed by atoms with Crippen molar-refractivity contribution in [2.75, 3.05) is 6.54 Å². The van der Waals surface area contributed by atoms with Gasteiger partial charge in [-0.1, -0.05) is 31.9 Å². The maximum Gasteiger partial charge on any atom is 0.303 e. The summed E-state index contributed by atoms with van der Waals surface area (Å²) in [6, 6.07) is 2.18. The quantitative estimate of drug-likeness (QED) is 0.402. The van der Waals surface area contributed by atoms with Crippen LogP contribution < -0.4 is 0 Å². The third-order valence-electron chi connectivity index (χ3n) is 5.32. The number of aliphatic carboxylic acids is 1. The third-order valence-corrected chi connectivity index (χ3v) is 6.30. The molecule has 1 saturated heterocycles. The van der Waals surface area contributed by atoms with Gasteiger partial charge in [0.25, 0.3) is 0 Å². The molecular weight excluding hydrogens is 374 g/mol. The monoisotopic (exact) mass is 407 g/mol. The van der Waals surface area contributed by atoms with Crippen molar-refractivity contribution in [1.29, 1.82) is 0 Å². The maximum absolute atomic E-state index is 12.4. The van der Waals surface area contributed by atoms with Gasteiger partial charge in [0.2, 0.25) is 5.91 Å². The van der Waals surface area contributed by atoms with E-state index in [-0.39, 0.29) is 18.4 Å². The lowest BCUT2D eigenvalue weighted by atomic mass is 9.99. The lowest BCUT2D eigenvalue weighted by Gasteiger charge is -2.34. The molecule has 1 aromatic heterocycles. The number of hydrogen-bond donors (Lipinski definition) is 2. The number of likely N-dealkylation sites (tertiary alicyclic amines) is 1. The Labute approximate surface area is 172 Å². The van der Waals surface area contributed by atoms with Gasteiger partial charge in [0.1, 0.15) is 0 Å². The van der Waals surface area contributed by atoms with Crippen LogP contribution in [0.2, 0.25) is 0 Å². The molecule has 2 atom stereocenters. The van der Waals surface area contributed by atoms with E-state index in [4.69, 9.17) is 5.11 Å². The third kappa shape index (κ3) is 7.40. The van der Waals surface area contributed by atoms with E-state index in [1.807, 2.05) is 17.1 Å². The SMILES string of the molecule is CCc1ccsc1CC(O)/C=C/[C@H]1CCCC(=O)N1CCCCCCC(=O)O. The Bertz CT molecular complexity index is 655. The second-order valence-electron chi connectivity index (χ2n) is 7.48. The number of carboxylic acids is 1. The highest BCUT2D eigenvalue weighted by molar-refractivity contribution is 7.10. The molecule has 1 aliphatic heterocycles. The van der Waals surface area contributed by atoms with Crippen LogP contribution in [0, 0.1) is 0 Å². The van der Waals surface area contributed by atoms with Gasteiger partial charge in [-0.2, -0.15) is 0 Å². The molecule has 5 nitrogen and oxygen atoms in total. The molecule has 0 spiro atoms. The van der Waals surface area contributed by atoms with Crippen LogP contribution in [0.5, 0.6) is 0 Å². The fourth-order valence-electron chi connectivity index (χ4n) is 3.73. The van der Waals surface area contributed by atoms with E-state index < -0.39 is 12.1 Å². The van der Waals surface area contributed by atoms with Gasteiger partial charge in [0, 0.05) is 30.7 Å². The molecule has 1 aromatic rings. The first-order valence-electron chi connectivity index (χ1n) is 10.4. The maximum atomic E-state index is 12.4. The van der Waals surface area contributed by atoms with Crippen LogP contribution >= 0.6 is 11.3 Å². The average Bonchev–Trinajstić information content (AvgIpc) is 3.11. The van der Waals surface area contributed by atoms with Gasteiger partial charge in [0.15, 0.2) is 0 Å². The summed E-state index contributed by atoms with van der Waals surface area (Å²) in [5, 5.41) is 21.2. The van der Waals surface area contributed by atoms with Crippen molar-refractivity contribution in [2.45, 2.75) is 83.3 Å². The zero-order valence-electron chi connectivity index (χ0n) is 16.8. The molecule has 0 saturated carbocycles. The number of piperidine rings is 1. The fraction of sp³-hybridized carbons (Fsp3) is 0.636. The van der Waals surface area contributed by atoms with Crippen molar-refractivity contribution in [3.63, 3.8) is 0 Å². The molecule has 1 unspecified atom stereocenters. The first-order chi connectivity index (χ1) is 13.5. The molecule has 2 N–H and O–H groups in total. The van der Waals surface area contributed by atoms with Crippen LogP contribution in [0.25, 0.3) is 0 Å². The van der Waals surface area contributed by atoms with Crippen LogP contribution in [0.4, 0.5) is 0 Å². The Hall–Kier alpha value is -1.66. The van der Waals surface area contributed by atoms with Gasteiger partial charge in [-0.25, -0.2) is 0 Å². The average molecular weight is 408 g/mol. The van der Waals surface area contributed by atoms with Crippen LogP contribution in [-0.4, -0.2) is 45.7 Å². The molecular formula is C22H33NO4S. The number of nitrogens with zero attached hydrogens (tertiary/aromatic N) is 1. The minimum Gasteiger partial charge on any atom is -0.481 e. The van der Waals surface area contributed by atoms with Crippen molar-refractivity contribution >= 4 is 23.2 Å². The summed E-state index contributed by atoms with van der Waals surface area (Å²) < 4.78 is 0. The van der Waals surface area contributed by atoms with Crippen molar-refractivity contribution in [1.82, 2.24) is 4.90 Å². The van der Waals surface area contributed by atoms with E-state index in [0.717, 1.165) is 38.5 Å². The zero-order valence-corrected chi connectivity index (χ0v) is 17.6.